The van der Waals surface area contributed by atoms with Crippen molar-refractivity contribution in [1.29, 1.82) is 0 Å². The van der Waals surface area contributed by atoms with E-state index in [4.69, 9.17) is 0 Å². The minimum atomic E-state index is -4.49. The molecule has 0 bridgehead atoms. The molecule has 0 atom stereocenters. The van der Waals surface area contributed by atoms with Crippen molar-refractivity contribution in [2.45, 2.75) is 13.1 Å². The molecule has 2 aromatic carbocycles. The van der Waals surface area contributed by atoms with Crippen LogP contribution in [0.3, 0.4) is 0 Å². The summed E-state index contributed by atoms with van der Waals surface area (Å²) in [4.78, 5) is 0. The second-order valence-corrected chi connectivity index (χ2v) is 5.05. The van der Waals surface area contributed by atoms with Gasteiger partial charge in [-0.05, 0) is 12.5 Å². The van der Waals surface area contributed by atoms with Gasteiger partial charge >= 0.3 is 6.18 Å². The van der Waals surface area contributed by atoms with Gasteiger partial charge in [0.15, 0.2) is 0 Å². The number of H-pyrrole nitrogens is 1. The molecule has 22 heavy (non-hydrogen) atoms. The molecule has 1 N–H and O–H groups in total. The minimum absolute atomic E-state index is 0.0821. The maximum atomic E-state index is 13.3. The topological polar surface area (TPSA) is 28.7 Å². The third kappa shape index (κ3) is 2.62. The zero-order chi connectivity index (χ0) is 15.7. The highest BCUT2D eigenvalue weighted by Gasteiger charge is 2.37. The number of aryl methyl sites for hydroxylation is 1. The second-order valence-electron chi connectivity index (χ2n) is 5.05. The average molecular weight is 302 g/mol. The lowest BCUT2D eigenvalue weighted by Gasteiger charge is -2.09. The monoisotopic (exact) mass is 302 g/mol. The normalized spacial score (nSPS) is 11.6. The van der Waals surface area contributed by atoms with Gasteiger partial charge in [0.1, 0.15) is 11.4 Å². The van der Waals surface area contributed by atoms with Crippen molar-refractivity contribution in [3.63, 3.8) is 0 Å². The fourth-order valence-corrected chi connectivity index (χ4v) is 2.35. The van der Waals surface area contributed by atoms with Crippen molar-refractivity contribution in [1.82, 2.24) is 10.2 Å². The molecule has 0 radical (unpaired) electrons. The summed E-state index contributed by atoms with van der Waals surface area (Å²) in [5.74, 6) is 0. The fourth-order valence-electron chi connectivity index (χ4n) is 2.35. The Balaban J connectivity index is 2.24. The van der Waals surface area contributed by atoms with Crippen molar-refractivity contribution in [2.75, 3.05) is 0 Å². The van der Waals surface area contributed by atoms with E-state index in [0.717, 1.165) is 5.56 Å². The molecule has 0 saturated heterocycles. The Labute approximate surface area is 125 Å². The molecule has 0 aliphatic rings. The molecule has 0 unspecified atom stereocenters. The smallest absolute Gasteiger partial charge is 0.272 e. The predicted molar refractivity (Wildman–Crippen MR) is 79.2 cm³/mol. The van der Waals surface area contributed by atoms with Gasteiger partial charge in [0, 0.05) is 11.1 Å². The van der Waals surface area contributed by atoms with Gasteiger partial charge in [0.2, 0.25) is 0 Å². The number of hydrogen-bond donors (Lipinski definition) is 1. The van der Waals surface area contributed by atoms with Gasteiger partial charge < -0.3 is 0 Å². The van der Waals surface area contributed by atoms with Crippen LogP contribution in [-0.2, 0) is 6.18 Å². The Morgan fingerprint density at radius 2 is 1.50 bits per heavy atom. The first-order valence-electron chi connectivity index (χ1n) is 6.75. The van der Waals surface area contributed by atoms with Gasteiger partial charge in [0.05, 0.1) is 0 Å². The maximum Gasteiger partial charge on any atom is 0.433 e. The fraction of sp³-hybridized carbons (Fsp3) is 0.118. The molecular formula is C17H13F3N2. The van der Waals surface area contributed by atoms with Crippen molar-refractivity contribution in [3.8, 4) is 22.4 Å². The largest absolute Gasteiger partial charge is 0.433 e. The van der Waals surface area contributed by atoms with Crippen molar-refractivity contribution >= 4 is 0 Å². The average Bonchev–Trinajstić information content (AvgIpc) is 2.94. The lowest BCUT2D eigenvalue weighted by Crippen LogP contribution is -2.07. The molecule has 2 nitrogen and oxygen atoms in total. The first kappa shape index (κ1) is 14.4. The van der Waals surface area contributed by atoms with Crippen LogP contribution >= 0.6 is 0 Å². The standard InChI is InChI=1S/C17H13F3N2/c1-11-7-9-12(10-8-11)14-15(13-5-3-2-4-6-13)21-22-16(14)17(18,19)20/h2-10H,1H3,(H,21,22). The van der Waals surface area contributed by atoms with Crippen LogP contribution in [0.5, 0.6) is 0 Å². The zero-order valence-electron chi connectivity index (χ0n) is 11.8. The Hall–Kier alpha value is -2.56. The van der Waals surface area contributed by atoms with E-state index in [1.54, 1.807) is 48.5 Å². The molecule has 1 heterocycles. The highest BCUT2D eigenvalue weighted by Crippen LogP contribution is 2.40. The molecule has 0 aliphatic carbocycles. The molecule has 112 valence electrons. The quantitative estimate of drug-likeness (QED) is 0.703. The van der Waals surface area contributed by atoms with Gasteiger partial charge in [-0.1, -0.05) is 60.2 Å². The van der Waals surface area contributed by atoms with Crippen molar-refractivity contribution < 1.29 is 13.2 Å². The molecule has 1 aromatic heterocycles. The lowest BCUT2D eigenvalue weighted by atomic mass is 9.98. The zero-order valence-corrected chi connectivity index (χ0v) is 11.8. The van der Waals surface area contributed by atoms with Crippen LogP contribution in [0.1, 0.15) is 11.3 Å². The summed E-state index contributed by atoms with van der Waals surface area (Å²) in [5, 5.41) is 6.06. The maximum absolute atomic E-state index is 13.3. The Kier molecular flexibility index (Phi) is 3.48. The molecular weight excluding hydrogens is 289 g/mol. The van der Waals surface area contributed by atoms with E-state index < -0.39 is 11.9 Å². The third-order valence-corrected chi connectivity index (χ3v) is 3.44. The summed E-state index contributed by atoms with van der Waals surface area (Å²) < 4.78 is 39.8. The molecule has 0 amide bonds. The van der Waals surface area contributed by atoms with E-state index >= 15 is 0 Å². The number of alkyl halides is 3. The molecule has 3 aromatic rings. The summed E-state index contributed by atoms with van der Waals surface area (Å²) >= 11 is 0. The lowest BCUT2D eigenvalue weighted by molar-refractivity contribution is -0.140. The molecule has 0 fully saturated rings. The minimum Gasteiger partial charge on any atom is -0.272 e. The number of nitrogens with one attached hydrogen (secondary N) is 1. The van der Waals surface area contributed by atoms with E-state index in [9.17, 15) is 13.2 Å². The van der Waals surface area contributed by atoms with Crippen LogP contribution in [0.4, 0.5) is 13.2 Å². The highest BCUT2D eigenvalue weighted by atomic mass is 19.4. The summed E-state index contributed by atoms with van der Waals surface area (Å²) in [6, 6.07) is 15.8. The Morgan fingerprint density at radius 1 is 0.864 bits per heavy atom. The van der Waals surface area contributed by atoms with E-state index in [2.05, 4.69) is 10.2 Å². The number of halogens is 3. The Morgan fingerprint density at radius 3 is 2.09 bits per heavy atom. The molecule has 5 heteroatoms. The first-order chi connectivity index (χ1) is 10.5. The van der Waals surface area contributed by atoms with E-state index in [0.29, 0.717) is 16.8 Å². The van der Waals surface area contributed by atoms with E-state index in [1.165, 1.54) is 0 Å². The molecule has 3 rings (SSSR count). The van der Waals surface area contributed by atoms with Crippen LogP contribution in [0.15, 0.2) is 54.6 Å². The highest BCUT2D eigenvalue weighted by molar-refractivity contribution is 5.83. The summed E-state index contributed by atoms with van der Waals surface area (Å²) in [5.41, 5.74) is 1.68. The van der Waals surface area contributed by atoms with Crippen LogP contribution in [-0.4, -0.2) is 10.2 Å². The number of aromatic nitrogens is 2. The van der Waals surface area contributed by atoms with Gasteiger partial charge in [-0.25, -0.2) is 0 Å². The second kappa shape index (κ2) is 5.33. The molecule has 0 saturated carbocycles. The number of benzene rings is 2. The van der Waals surface area contributed by atoms with E-state index in [1.807, 2.05) is 13.0 Å². The predicted octanol–water partition coefficient (Wildman–Crippen LogP) is 5.07. The van der Waals surface area contributed by atoms with Crippen LogP contribution in [0, 0.1) is 6.92 Å². The van der Waals surface area contributed by atoms with Gasteiger partial charge in [-0.2, -0.15) is 18.3 Å². The van der Waals surface area contributed by atoms with Gasteiger partial charge in [-0.3, -0.25) is 5.10 Å². The van der Waals surface area contributed by atoms with Crippen LogP contribution < -0.4 is 0 Å². The van der Waals surface area contributed by atoms with E-state index in [-0.39, 0.29) is 5.56 Å². The summed E-state index contributed by atoms with van der Waals surface area (Å²) in [7, 11) is 0. The van der Waals surface area contributed by atoms with Gasteiger partial charge in [-0.15, -0.1) is 0 Å². The third-order valence-electron chi connectivity index (χ3n) is 3.44. The number of rotatable bonds is 2. The Bertz CT molecular complexity index is 772. The van der Waals surface area contributed by atoms with Crippen molar-refractivity contribution in [3.05, 3.63) is 65.9 Å². The summed E-state index contributed by atoms with van der Waals surface area (Å²) in [6.45, 7) is 1.89. The SMILES string of the molecule is Cc1ccc(-c2c(-c3ccccc3)n[nH]c2C(F)(F)F)cc1. The first-order valence-corrected chi connectivity index (χ1v) is 6.75. The summed E-state index contributed by atoms with van der Waals surface area (Å²) in [6.07, 6.45) is -4.49. The number of nitrogens with zero attached hydrogens (tertiary/aromatic N) is 1. The molecule has 0 spiro atoms. The molecule has 0 aliphatic heterocycles. The van der Waals surface area contributed by atoms with Crippen LogP contribution in [0.25, 0.3) is 22.4 Å². The van der Waals surface area contributed by atoms with Crippen LogP contribution in [0.2, 0.25) is 0 Å². The number of hydrogen-bond acceptors (Lipinski definition) is 1. The van der Waals surface area contributed by atoms with Gasteiger partial charge in [0.25, 0.3) is 0 Å². The number of aromatic amines is 1. The van der Waals surface area contributed by atoms with Crippen molar-refractivity contribution in [2.24, 2.45) is 0 Å².